The number of ketones is 1. The Morgan fingerprint density at radius 1 is 1.40 bits per heavy atom. The van der Waals surface area contributed by atoms with Crippen LogP contribution in [0, 0.1) is 5.92 Å². The summed E-state index contributed by atoms with van der Waals surface area (Å²) in [5.41, 5.74) is 0. The van der Waals surface area contributed by atoms with E-state index in [2.05, 4.69) is 0 Å². The number of carbonyl (C=O) groups excluding carboxylic acids is 1. The van der Waals surface area contributed by atoms with E-state index < -0.39 is 0 Å². The number of ether oxygens (including phenoxy) is 1. The Morgan fingerprint density at radius 3 is 2.20 bits per heavy atom. The number of hydrogen-bond donors (Lipinski definition) is 0. The Balaban J connectivity index is 3.65. The highest BCUT2D eigenvalue weighted by Gasteiger charge is 2.12. The van der Waals surface area contributed by atoms with E-state index in [9.17, 15) is 4.79 Å². The van der Waals surface area contributed by atoms with Gasteiger partial charge in [0.25, 0.3) is 0 Å². The molecule has 0 atom stereocenters. The Bertz CT molecular complexity index is 95.4. The minimum atomic E-state index is 0.208. The van der Waals surface area contributed by atoms with Gasteiger partial charge in [0, 0.05) is 13.0 Å². The van der Waals surface area contributed by atoms with Crippen molar-refractivity contribution in [2.24, 2.45) is 5.92 Å². The summed E-state index contributed by atoms with van der Waals surface area (Å²) in [6.45, 7) is 4.33. The van der Waals surface area contributed by atoms with Crippen molar-refractivity contribution in [1.29, 1.82) is 0 Å². The van der Waals surface area contributed by atoms with Crippen molar-refractivity contribution in [2.75, 3.05) is 13.7 Å². The lowest BCUT2D eigenvalue weighted by Crippen LogP contribution is -2.17. The quantitative estimate of drug-likeness (QED) is 0.586. The third kappa shape index (κ3) is 2.97. The molecule has 0 N–H and O–H groups in total. The summed E-state index contributed by atoms with van der Waals surface area (Å²) in [4.78, 5) is 11.1. The van der Waals surface area contributed by atoms with Crippen molar-refractivity contribution < 1.29 is 9.53 Å². The van der Waals surface area contributed by atoms with Crippen molar-refractivity contribution in [3.8, 4) is 0 Å². The molecular formula is C8H16O2. The van der Waals surface area contributed by atoms with Crippen molar-refractivity contribution in [3.05, 3.63) is 0 Å². The average Bonchev–Trinajstić information content (AvgIpc) is 1.91. The summed E-state index contributed by atoms with van der Waals surface area (Å²) in [7, 11) is 1.56. The Kier molecular flexibility index (Phi) is 5.22. The Hall–Kier alpha value is -0.370. The maximum atomic E-state index is 11.1. The SMILES string of the molecule is CCC(CC)C(=O)COC. The molecule has 0 aliphatic rings. The fourth-order valence-electron chi connectivity index (χ4n) is 1.00. The second-order valence-electron chi connectivity index (χ2n) is 2.41. The summed E-state index contributed by atoms with van der Waals surface area (Å²) in [6, 6.07) is 0. The minimum absolute atomic E-state index is 0.208. The first-order valence-electron chi connectivity index (χ1n) is 3.77. The van der Waals surface area contributed by atoms with Crippen LogP contribution >= 0.6 is 0 Å². The van der Waals surface area contributed by atoms with Crippen LogP contribution in [-0.4, -0.2) is 19.5 Å². The summed E-state index contributed by atoms with van der Waals surface area (Å²) >= 11 is 0. The van der Waals surface area contributed by atoms with E-state index in [1.165, 1.54) is 0 Å². The number of rotatable bonds is 5. The van der Waals surface area contributed by atoms with E-state index in [0.717, 1.165) is 12.8 Å². The molecular weight excluding hydrogens is 128 g/mol. The van der Waals surface area contributed by atoms with E-state index in [1.807, 2.05) is 13.8 Å². The van der Waals surface area contributed by atoms with E-state index in [-0.39, 0.29) is 18.3 Å². The van der Waals surface area contributed by atoms with Crippen LogP contribution in [0.25, 0.3) is 0 Å². The van der Waals surface area contributed by atoms with Gasteiger partial charge < -0.3 is 4.74 Å². The lowest BCUT2D eigenvalue weighted by molar-refractivity contribution is -0.126. The first-order valence-corrected chi connectivity index (χ1v) is 3.77. The van der Waals surface area contributed by atoms with Gasteiger partial charge in [-0.15, -0.1) is 0 Å². The van der Waals surface area contributed by atoms with Crippen LogP contribution in [0.2, 0.25) is 0 Å². The second-order valence-corrected chi connectivity index (χ2v) is 2.41. The molecule has 0 bridgehead atoms. The van der Waals surface area contributed by atoms with E-state index in [4.69, 9.17) is 4.74 Å². The molecule has 0 amide bonds. The van der Waals surface area contributed by atoms with Crippen molar-refractivity contribution in [3.63, 3.8) is 0 Å². The third-order valence-corrected chi connectivity index (χ3v) is 1.73. The fraction of sp³-hybridized carbons (Fsp3) is 0.875. The molecule has 0 saturated heterocycles. The van der Waals surface area contributed by atoms with Gasteiger partial charge in [-0.25, -0.2) is 0 Å². The van der Waals surface area contributed by atoms with Gasteiger partial charge in [-0.3, -0.25) is 4.79 Å². The zero-order valence-electron chi connectivity index (χ0n) is 7.02. The van der Waals surface area contributed by atoms with E-state index in [1.54, 1.807) is 7.11 Å². The maximum absolute atomic E-state index is 11.1. The molecule has 0 fully saturated rings. The van der Waals surface area contributed by atoms with Crippen LogP contribution in [0.15, 0.2) is 0 Å². The predicted molar refractivity (Wildman–Crippen MR) is 41.0 cm³/mol. The van der Waals surface area contributed by atoms with E-state index in [0.29, 0.717) is 0 Å². The van der Waals surface area contributed by atoms with Gasteiger partial charge in [0.05, 0.1) is 0 Å². The molecule has 0 aromatic carbocycles. The van der Waals surface area contributed by atoms with Gasteiger partial charge in [-0.05, 0) is 12.8 Å². The lowest BCUT2D eigenvalue weighted by Gasteiger charge is -2.08. The third-order valence-electron chi connectivity index (χ3n) is 1.73. The second kappa shape index (κ2) is 5.42. The molecule has 2 heteroatoms. The minimum Gasteiger partial charge on any atom is -0.377 e. The van der Waals surface area contributed by atoms with Crippen molar-refractivity contribution >= 4 is 5.78 Å². The smallest absolute Gasteiger partial charge is 0.161 e. The number of carbonyl (C=O) groups is 1. The van der Waals surface area contributed by atoms with Gasteiger partial charge >= 0.3 is 0 Å². The van der Waals surface area contributed by atoms with Crippen LogP contribution in [0.4, 0.5) is 0 Å². The molecule has 0 heterocycles. The first-order chi connectivity index (χ1) is 4.76. The monoisotopic (exact) mass is 144 g/mol. The summed E-state index contributed by atoms with van der Waals surface area (Å²) in [5.74, 6) is 0.437. The van der Waals surface area contributed by atoms with Crippen LogP contribution in [0.5, 0.6) is 0 Å². The van der Waals surface area contributed by atoms with Crippen molar-refractivity contribution in [2.45, 2.75) is 26.7 Å². The van der Waals surface area contributed by atoms with Crippen LogP contribution in [0.1, 0.15) is 26.7 Å². The molecule has 0 rings (SSSR count). The molecule has 2 nitrogen and oxygen atoms in total. The Morgan fingerprint density at radius 2 is 1.90 bits per heavy atom. The topological polar surface area (TPSA) is 26.3 Å². The highest BCUT2D eigenvalue weighted by Crippen LogP contribution is 2.08. The molecule has 0 aliphatic heterocycles. The molecule has 0 unspecified atom stereocenters. The lowest BCUT2D eigenvalue weighted by atomic mass is 9.99. The van der Waals surface area contributed by atoms with Crippen molar-refractivity contribution in [1.82, 2.24) is 0 Å². The normalized spacial score (nSPS) is 10.4. The largest absolute Gasteiger partial charge is 0.377 e. The van der Waals surface area contributed by atoms with Gasteiger partial charge in [-0.2, -0.15) is 0 Å². The van der Waals surface area contributed by atoms with Gasteiger partial charge in [0.2, 0.25) is 0 Å². The summed E-state index contributed by atoms with van der Waals surface area (Å²) in [6.07, 6.45) is 1.86. The number of Topliss-reactive ketones (excluding diaryl/α,β-unsaturated/α-hetero) is 1. The zero-order valence-corrected chi connectivity index (χ0v) is 7.02. The van der Waals surface area contributed by atoms with Gasteiger partial charge in [0.15, 0.2) is 5.78 Å². The fourth-order valence-corrected chi connectivity index (χ4v) is 1.00. The van der Waals surface area contributed by atoms with Crippen LogP contribution in [0.3, 0.4) is 0 Å². The molecule has 0 aromatic heterocycles. The highest BCUT2D eigenvalue weighted by atomic mass is 16.5. The molecule has 0 spiro atoms. The Labute approximate surface area is 62.6 Å². The maximum Gasteiger partial charge on any atom is 0.161 e. The molecule has 0 aliphatic carbocycles. The van der Waals surface area contributed by atoms with Gasteiger partial charge in [-0.1, -0.05) is 13.8 Å². The van der Waals surface area contributed by atoms with Crippen LogP contribution < -0.4 is 0 Å². The number of methoxy groups -OCH3 is 1. The highest BCUT2D eigenvalue weighted by molar-refractivity contribution is 5.82. The predicted octanol–water partition coefficient (Wildman–Crippen LogP) is 1.64. The van der Waals surface area contributed by atoms with Crippen LogP contribution in [-0.2, 0) is 9.53 Å². The first kappa shape index (κ1) is 9.63. The summed E-state index contributed by atoms with van der Waals surface area (Å²) in [5, 5.41) is 0. The van der Waals surface area contributed by atoms with E-state index >= 15 is 0 Å². The molecule has 60 valence electrons. The summed E-state index contributed by atoms with van der Waals surface area (Å²) < 4.78 is 4.74. The molecule has 0 aromatic rings. The average molecular weight is 144 g/mol. The molecule has 10 heavy (non-hydrogen) atoms. The molecule has 0 radical (unpaired) electrons. The number of hydrogen-bond acceptors (Lipinski definition) is 2. The molecule has 0 saturated carbocycles. The standard InChI is InChI=1S/C8H16O2/c1-4-7(5-2)8(9)6-10-3/h7H,4-6H2,1-3H3. The van der Waals surface area contributed by atoms with Gasteiger partial charge in [0.1, 0.15) is 6.61 Å². The zero-order chi connectivity index (χ0) is 7.98.